The highest BCUT2D eigenvalue weighted by Crippen LogP contribution is 2.34. The first-order valence-electron chi connectivity index (χ1n) is 11.3. The Balaban J connectivity index is 1.30. The number of hydrogen-bond acceptors (Lipinski definition) is 7. The van der Waals surface area contributed by atoms with Gasteiger partial charge in [0, 0.05) is 22.6 Å². The summed E-state index contributed by atoms with van der Waals surface area (Å²) in [6.45, 7) is 2.29. The van der Waals surface area contributed by atoms with E-state index in [1.54, 1.807) is 23.8 Å². The maximum absolute atomic E-state index is 10.9. The fourth-order valence-electron chi connectivity index (χ4n) is 4.15. The van der Waals surface area contributed by atoms with Crippen LogP contribution in [0.1, 0.15) is 20.9 Å². The Hall–Kier alpha value is -4.43. The summed E-state index contributed by atoms with van der Waals surface area (Å²) in [6, 6.07) is 21.2. The minimum Gasteiger partial charge on any atom is -0.497 e. The number of aromatic nitrogens is 3. The van der Waals surface area contributed by atoms with Gasteiger partial charge < -0.3 is 13.9 Å². The minimum atomic E-state index is 0.333. The van der Waals surface area contributed by atoms with Crippen molar-refractivity contribution in [2.45, 2.75) is 13.5 Å². The van der Waals surface area contributed by atoms with E-state index in [1.165, 1.54) is 11.3 Å². The molecule has 0 unspecified atom stereocenters. The molecule has 6 rings (SSSR count). The van der Waals surface area contributed by atoms with Crippen molar-refractivity contribution in [3.63, 3.8) is 0 Å². The van der Waals surface area contributed by atoms with E-state index in [0.717, 1.165) is 49.8 Å². The highest BCUT2D eigenvalue weighted by Gasteiger charge is 2.16. The molecule has 3 aromatic heterocycles. The Bertz CT molecular complexity index is 1680. The summed E-state index contributed by atoms with van der Waals surface area (Å²) in [5, 5.41) is 6.33. The minimum absolute atomic E-state index is 0.333. The van der Waals surface area contributed by atoms with E-state index in [2.05, 4.69) is 10.1 Å². The van der Waals surface area contributed by atoms with Gasteiger partial charge in [-0.1, -0.05) is 47.7 Å². The van der Waals surface area contributed by atoms with Gasteiger partial charge in [0.25, 0.3) is 0 Å². The number of ether oxygens (including phenoxy) is 2. The predicted molar refractivity (Wildman–Crippen MR) is 139 cm³/mol. The smallest absolute Gasteiger partial charge is 0.212 e. The third-order valence-electron chi connectivity index (χ3n) is 5.94. The standard InChI is InChI=1S/C28H21N3O4S/c1-17-30-31-14-25(29-28(31)36-17)27-13-24-21(11-23(33-2)12-26(24)35-27)16-34-22-5-3-4-20(10-22)19-8-6-18(15-32)7-9-19/h3-15H,16H2,1-2H3. The third-order valence-corrected chi connectivity index (χ3v) is 6.78. The van der Waals surface area contributed by atoms with Crippen LogP contribution >= 0.6 is 11.3 Å². The summed E-state index contributed by atoms with van der Waals surface area (Å²) in [5.74, 6) is 2.09. The van der Waals surface area contributed by atoms with E-state index in [9.17, 15) is 4.79 Å². The molecule has 3 heterocycles. The largest absolute Gasteiger partial charge is 0.497 e. The van der Waals surface area contributed by atoms with Gasteiger partial charge in [0.15, 0.2) is 5.76 Å². The highest BCUT2D eigenvalue weighted by molar-refractivity contribution is 7.16. The maximum atomic E-state index is 10.9. The summed E-state index contributed by atoms with van der Waals surface area (Å²) < 4.78 is 19.6. The van der Waals surface area contributed by atoms with Crippen LogP contribution < -0.4 is 9.47 Å². The van der Waals surface area contributed by atoms with Crippen molar-refractivity contribution in [1.82, 2.24) is 14.6 Å². The molecule has 3 aromatic carbocycles. The number of rotatable bonds is 7. The van der Waals surface area contributed by atoms with Gasteiger partial charge in [0.1, 0.15) is 40.7 Å². The van der Waals surface area contributed by atoms with Gasteiger partial charge in [-0.2, -0.15) is 5.10 Å². The van der Waals surface area contributed by atoms with Gasteiger partial charge in [-0.3, -0.25) is 4.79 Å². The van der Waals surface area contributed by atoms with E-state index in [-0.39, 0.29) is 0 Å². The molecule has 0 aliphatic rings. The van der Waals surface area contributed by atoms with Crippen LogP contribution in [0.5, 0.6) is 11.5 Å². The van der Waals surface area contributed by atoms with Crippen LogP contribution in [-0.4, -0.2) is 28.0 Å². The quantitative estimate of drug-likeness (QED) is 0.233. The molecule has 0 fully saturated rings. The molecule has 8 heteroatoms. The zero-order valence-corrected chi connectivity index (χ0v) is 20.4. The number of aryl methyl sites for hydroxylation is 1. The van der Waals surface area contributed by atoms with E-state index in [1.807, 2.05) is 67.7 Å². The van der Waals surface area contributed by atoms with Crippen molar-refractivity contribution in [3.05, 3.63) is 89.1 Å². The lowest BCUT2D eigenvalue weighted by Crippen LogP contribution is -1.97. The van der Waals surface area contributed by atoms with E-state index in [4.69, 9.17) is 13.9 Å². The summed E-state index contributed by atoms with van der Waals surface area (Å²) in [6.07, 6.45) is 2.71. The molecule has 0 atom stereocenters. The fraction of sp³-hybridized carbons (Fsp3) is 0.107. The van der Waals surface area contributed by atoms with Crippen LogP contribution in [0.25, 0.3) is 38.5 Å². The second-order valence-corrected chi connectivity index (χ2v) is 9.50. The first-order valence-corrected chi connectivity index (χ1v) is 12.1. The maximum Gasteiger partial charge on any atom is 0.212 e. The van der Waals surface area contributed by atoms with Crippen LogP contribution in [0.4, 0.5) is 0 Å². The second kappa shape index (κ2) is 8.98. The Morgan fingerprint density at radius 2 is 1.89 bits per heavy atom. The van der Waals surface area contributed by atoms with Crippen LogP contribution in [-0.2, 0) is 6.61 Å². The van der Waals surface area contributed by atoms with Crippen molar-refractivity contribution in [1.29, 1.82) is 0 Å². The van der Waals surface area contributed by atoms with Crippen LogP contribution in [0.15, 0.2) is 77.3 Å². The lowest BCUT2D eigenvalue weighted by molar-refractivity contribution is 0.112. The zero-order chi connectivity index (χ0) is 24.6. The number of benzene rings is 3. The Morgan fingerprint density at radius 1 is 1.03 bits per heavy atom. The molecular weight excluding hydrogens is 474 g/mol. The van der Waals surface area contributed by atoms with E-state index < -0.39 is 0 Å². The van der Waals surface area contributed by atoms with Crippen LogP contribution in [0, 0.1) is 6.92 Å². The average molecular weight is 496 g/mol. The number of nitrogens with zero attached hydrogens (tertiary/aromatic N) is 3. The van der Waals surface area contributed by atoms with Crippen molar-refractivity contribution < 1.29 is 18.7 Å². The molecule has 178 valence electrons. The summed E-state index contributed by atoms with van der Waals surface area (Å²) in [5.41, 5.74) is 5.04. The van der Waals surface area contributed by atoms with E-state index >= 15 is 0 Å². The molecule has 0 radical (unpaired) electrons. The van der Waals surface area contributed by atoms with Gasteiger partial charge in [-0.05, 0) is 42.3 Å². The summed E-state index contributed by atoms with van der Waals surface area (Å²) in [7, 11) is 1.63. The van der Waals surface area contributed by atoms with Crippen LogP contribution in [0.3, 0.4) is 0 Å². The number of fused-ring (bicyclic) bond motifs is 2. The van der Waals surface area contributed by atoms with Gasteiger partial charge >= 0.3 is 0 Å². The first kappa shape index (κ1) is 22.1. The number of aldehydes is 1. The molecular formula is C28H21N3O4S. The number of imidazole rings is 1. The van der Waals surface area contributed by atoms with Crippen molar-refractivity contribution in [2.24, 2.45) is 0 Å². The number of methoxy groups -OCH3 is 1. The van der Waals surface area contributed by atoms with E-state index in [0.29, 0.717) is 29.3 Å². The Morgan fingerprint density at radius 3 is 2.67 bits per heavy atom. The predicted octanol–water partition coefficient (Wildman–Crippen LogP) is 6.58. The number of furan rings is 1. The molecule has 7 nitrogen and oxygen atoms in total. The number of carbonyl (C=O) groups excluding carboxylic acids is 1. The lowest BCUT2D eigenvalue weighted by Gasteiger charge is -2.10. The summed E-state index contributed by atoms with van der Waals surface area (Å²) in [4.78, 5) is 16.4. The topological polar surface area (TPSA) is 78.9 Å². The van der Waals surface area contributed by atoms with Gasteiger partial charge in [0.2, 0.25) is 4.96 Å². The molecule has 0 aliphatic heterocycles. The third kappa shape index (κ3) is 4.12. The fourth-order valence-corrected chi connectivity index (χ4v) is 4.87. The summed E-state index contributed by atoms with van der Waals surface area (Å²) >= 11 is 1.53. The van der Waals surface area contributed by atoms with Gasteiger partial charge in [-0.25, -0.2) is 9.50 Å². The molecule has 0 spiro atoms. The Kier molecular flexibility index (Phi) is 5.50. The SMILES string of the molecule is COc1cc(COc2cccc(-c3ccc(C=O)cc3)c2)c2cc(-c3cn4nc(C)sc4n3)oc2c1. The molecule has 0 bridgehead atoms. The van der Waals surface area contributed by atoms with Crippen LogP contribution in [0.2, 0.25) is 0 Å². The molecule has 0 saturated heterocycles. The average Bonchev–Trinajstić information content (AvgIpc) is 3.60. The monoisotopic (exact) mass is 495 g/mol. The molecule has 36 heavy (non-hydrogen) atoms. The van der Waals surface area contributed by atoms with Crippen molar-refractivity contribution in [3.8, 4) is 34.1 Å². The molecule has 0 aliphatic carbocycles. The van der Waals surface area contributed by atoms with Gasteiger partial charge in [-0.15, -0.1) is 0 Å². The van der Waals surface area contributed by atoms with Gasteiger partial charge in [0.05, 0.1) is 13.3 Å². The van der Waals surface area contributed by atoms with Crippen molar-refractivity contribution >= 4 is 33.6 Å². The second-order valence-electron chi connectivity index (χ2n) is 8.34. The molecule has 0 amide bonds. The Labute approximate surface area is 210 Å². The zero-order valence-electron chi connectivity index (χ0n) is 19.6. The number of hydrogen-bond donors (Lipinski definition) is 0. The normalized spacial score (nSPS) is 11.3. The molecule has 0 saturated carbocycles. The number of carbonyl (C=O) groups is 1. The first-order chi connectivity index (χ1) is 17.6. The lowest BCUT2D eigenvalue weighted by atomic mass is 10.0. The highest BCUT2D eigenvalue weighted by atomic mass is 32.1. The molecule has 6 aromatic rings. The van der Waals surface area contributed by atoms with Crippen molar-refractivity contribution in [2.75, 3.05) is 7.11 Å². The molecule has 0 N–H and O–H groups in total.